The van der Waals surface area contributed by atoms with Gasteiger partial charge in [-0.25, -0.2) is 4.98 Å². The summed E-state index contributed by atoms with van der Waals surface area (Å²) in [4.78, 5) is 4.07. The zero-order chi connectivity index (χ0) is 9.97. The Kier molecular flexibility index (Phi) is 2.96. The summed E-state index contributed by atoms with van der Waals surface area (Å²) in [6, 6.07) is 5.87. The molecule has 0 saturated heterocycles. The Morgan fingerprint density at radius 2 is 2.21 bits per heavy atom. The van der Waals surface area contributed by atoms with Gasteiger partial charge in [-0.1, -0.05) is 0 Å². The highest BCUT2D eigenvalue weighted by Crippen LogP contribution is 2.22. The van der Waals surface area contributed by atoms with Gasteiger partial charge in [0.2, 0.25) is 0 Å². The van der Waals surface area contributed by atoms with Gasteiger partial charge in [0.25, 0.3) is 0 Å². The van der Waals surface area contributed by atoms with E-state index in [0.29, 0.717) is 0 Å². The van der Waals surface area contributed by atoms with Gasteiger partial charge < -0.3 is 5.73 Å². The molecule has 0 saturated carbocycles. The van der Waals surface area contributed by atoms with E-state index in [9.17, 15) is 0 Å². The molecule has 0 amide bonds. The minimum Gasteiger partial charge on any atom is -0.320 e. The van der Waals surface area contributed by atoms with Crippen LogP contribution in [0.3, 0.4) is 0 Å². The van der Waals surface area contributed by atoms with Crippen LogP contribution in [-0.4, -0.2) is 4.98 Å². The summed E-state index contributed by atoms with van der Waals surface area (Å²) in [6.07, 6.45) is 1.76. The van der Waals surface area contributed by atoms with Crippen LogP contribution in [0, 0.1) is 0 Å². The van der Waals surface area contributed by atoms with Crippen LogP contribution in [0.1, 0.15) is 17.2 Å². The van der Waals surface area contributed by atoms with E-state index in [2.05, 4.69) is 26.3 Å². The summed E-state index contributed by atoms with van der Waals surface area (Å²) >= 11 is 4.99. The third-order valence-electron chi connectivity index (χ3n) is 2.01. The van der Waals surface area contributed by atoms with E-state index in [1.165, 1.54) is 0 Å². The Bertz CT molecular complexity index is 414. The predicted octanol–water partition coefficient (Wildman–Crippen LogP) is 2.95. The first kappa shape index (κ1) is 9.83. The predicted molar refractivity (Wildman–Crippen MR) is 62.3 cm³/mol. The van der Waals surface area contributed by atoms with Gasteiger partial charge in [0, 0.05) is 6.20 Å². The molecule has 0 aliphatic heterocycles. The quantitative estimate of drug-likeness (QED) is 0.851. The van der Waals surface area contributed by atoms with Gasteiger partial charge in [-0.15, -0.1) is 0 Å². The van der Waals surface area contributed by atoms with Crippen molar-refractivity contribution in [2.45, 2.75) is 6.04 Å². The van der Waals surface area contributed by atoms with Crippen molar-refractivity contribution in [2.24, 2.45) is 5.73 Å². The lowest BCUT2D eigenvalue weighted by Gasteiger charge is -2.09. The number of halogens is 1. The average molecular weight is 269 g/mol. The van der Waals surface area contributed by atoms with Gasteiger partial charge in [-0.3, -0.25) is 0 Å². The summed E-state index contributed by atoms with van der Waals surface area (Å²) < 4.78 is 0.820. The maximum Gasteiger partial charge on any atom is 0.106 e. The molecule has 0 unspecified atom stereocenters. The number of thiophene rings is 1. The van der Waals surface area contributed by atoms with E-state index in [1.54, 1.807) is 17.5 Å². The van der Waals surface area contributed by atoms with E-state index in [1.807, 2.05) is 23.6 Å². The van der Waals surface area contributed by atoms with E-state index >= 15 is 0 Å². The topological polar surface area (TPSA) is 38.9 Å². The first-order valence-corrected chi connectivity index (χ1v) is 5.90. The number of rotatable bonds is 2. The molecule has 2 N–H and O–H groups in total. The summed E-state index contributed by atoms with van der Waals surface area (Å²) in [5.41, 5.74) is 8.31. The molecule has 1 atom stereocenters. The molecule has 0 bridgehead atoms. The zero-order valence-corrected chi connectivity index (χ0v) is 9.75. The Hall–Kier alpha value is -0.710. The van der Waals surface area contributed by atoms with Crippen LogP contribution >= 0.6 is 27.3 Å². The van der Waals surface area contributed by atoms with Gasteiger partial charge in [-0.2, -0.15) is 11.3 Å². The molecule has 2 aromatic heterocycles. The molecule has 0 spiro atoms. The van der Waals surface area contributed by atoms with E-state index in [-0.39, 0.29) is 6.04 Å². The molecular formula is C10H9BrN2S. The summed E-state index contributed by atoms with van der Waals surface area (Å²) in [5, 5.41) is 4.10. The molecule has 0 fully saturated rings. The van der Waals surface area contributed by atoms with Crippen molar-refractivity contribution in [2.75, 3.05) is 0 Å². The molecule has 2 heterocycles. The molecule has 0 aliphatic rings. The van der Waals surface area contributed by atoms with Crippen molar-refractivity contribution in [3.8, 4) is 0 Å². The minimum atomic E-state index is -0.0550. The highest BCUT2D eigenvalue weighted by Gasteiger charge is 2.09. The first-order chi connectivity index (χ1) is 6.77. The maximum atomic E-state index is 6.09. The fraction of sp³-hybridized carbons (Fsp3) is 0.100. The third-order valence-corrected chi connectivity index (χ3v) is 3.15. The van der Waals surface area contributed by atoms with Crippen molar-refractivity contribution in [1.82, 2.24) is 4.98 Å². The highest BCUT2D eigenvalue weighted by molar-refractivity contribution is 9.10. The second kappa shape index (κ2) is 4.21. The number of hydrogen-bond acceptors (Lipinski definition) is 3. The molecule has 0 radical (unpaired) electrons. The third kappa shape index (κ3) is 2.03. The molecule has 0 aliphatic carbocycles. The van der Waals surface area contributed by atoms with Crippen LogP contribution in [0.4, 0.5) is 0 Å². The van der Waals surface area contributed by atoms with Crippen molar-refractivity contribution < 1.29 is 0 Å². The Balaban J connectivity index is 2.32. The molecule has 2 rings (SSSR count). The van der Waals surface area contributed by atoms with Crippen LogP contribution in [0.25, 0.3) is 0 Å². The number of hydrogen-bond donors (Lipinski definition) is 1. The van der Waals surface area contributed by atoms with Crippen molar-refractivity contribution in [3.63, 3.8) is 0 Å². The van der Waals surface area contributed by atoms with E-state index < -0.39 is 0 Å². The number of nitrogens with two attached hydrogens (primary N) is 1. The van der Waals surface area contributed by atoms with Crippen molar-refractivity contribution in [3.05, 3.63) is 50.9 Å². The minimum absolute atomic E-state index is 0.0550. The molecule has 2 aromatic rings. The number of aromatic nitrogens is 1. The largest absolute Gasteiger partial charge is 0.320 e. The van der Waals surface area contributed by atoms with Gasteiger partial charge in [0.15, 0.2) is 0 Å². The average Bonchev–Trinajstić information content (AvgIpc) is 2.69. The lowest BCUT2D eigenvalue weighted by Crippen LogP contribution is -2.10. The molecule has 4 heteroatoms. The monoisotopic (exact) mass is 268 g/mol. The smallest absolute Gasteiger partial charge is 0.106 e. The standard InChI is InChI=1S/C10H9BrN2S/c11-9-5-7(1-3-13-9)10(12)8-2-4-14-6-8/h1-6,10H,12H2/t10-/m0/s1. The summed E-state index contributed by atoms with van der Waals surface area (Å²) in [7, 11) is 0. The van der Waals surface area contributed by atoms with Gasteiger partial charge in [0.05, 0.1) is 6.04 Å². The van der Waals surface area contributed by atoms with Gasteiger partial charge >= 0.3 is 0 Å². The zero-order valence-electron chi connectivity index (χ0n) is 7.35. The second-order valence-corrected chi connectivity index (χ2v) is 4.54. The Morgan fingerprint density at radius 1 is 1.36 bits per heavy atom. The van der Waals surface area contributed by atoms with Crippen molar-refractivity contribution >= 4 is 27.3 Å². The Labute approximate surface area is 94.9 Å². The first-order valence-electron chi connectivity index (χ1n) is 4.16. The SMILES string of the molecule is N[C@H](c1ccsc1)c1ccnc(Br)c1. The number of nitrogens with zero attached hydrogens (tertiary/aromatic N) is 1. The van der Waals surface area contributed by atoms with Crippen LogP contribution in [0.2, 0.25) is 0 Å². The highest BCUT2D eigenvalue weighted by atomic mass is 79.9. The lowest BCUT2D eigenvalue weighted by atomic mass is 10.0. The Morgan fingerprint density at radius 3 is 2.86 bits per heavy atom. The lowest BCUT2D eigenvalue weighted by molar-refractivity contribution is 0.871. The van der Waals surface area contributed by atoms with E-state index in [0.717, 1.165) is 15.7 Å². The molecular weight excluding hydrogens is 260 g/mol. The molecule has 0 aromatic carbocycles. The van der Waals surface area contributed by atoms with Crippen LogP contribution in [0.5, 0.6) is 0 Å². The summed E-state index contributed by atoms with van der Waals surface area (Å²) in [6.45, 7) is 0. The maximum absolute atomic E-state index is 6.09. The summed E-state index contributed by atoms with van der Waals surface area (Å²) in [5.74, 6) is 0. The molecule has 14 heavy (non-hydrogen) atoms. The van der Waals surface area contributed by atoms with Crippen LogP contribution in [0.15, 0.2) is 39.8 Å². The molecule has 72 valence electrons. The van der Waals surface area contributed by atoms with Crippen molar-refractivity contribution in [1.29, 1.82) is 0 Å². The van der Waals surface area contributed by atoms with Crippen LogP contribution in [-0.2, 0) is 0 Å². The molecule has 2 nitrogen and oxygen atoms in total. The fourth-order valence-corrected chi connectivity index (χ4v) is 2.33. The number of pyridine rings is 1. The van der Waals surface area contributed by atoms with E-state index in [4.69, 9.17) is 5.73 Å². The van der Waals surface area contributed by atoms with Gasteiger partial charge in [0.1, 0.15) is 4.60 Å². The van der Waals surface area contributed by atoms with Gasteiger partial charge in [-0.05, 0) is 56.0 Å². The normalized spacial score (nSPS) is 12.7. The van der Waals surface area contributed by atoms with Crippen LogP contribution < -0.4 is 5.73 Å². The second-order valence-electron chi connectivity index (χ2n) is 2.95. The fourth-order valence-electron chi connectivity index (χ4n) is 1.26.